The van der Waals surface area contributed by atoms with E-state index >= 15 is 0 Å². The zero-order valence-electron chi connectivity index (χ0n) is 17.6. The molecule has 1 saturated heterocycles. The van der Waals surface area contributed by atoms with Crippen LogP contribution >= 0.6 is 0 Å². The van der Waals surface area contributed by atoms with E-state index in [4.69, 9.17) is 4.98 Å². The zero-order valence-corrected chi connectivity index (χ0v) is 17.6. The van der Waals surface area contributed by atoms with Gasteiger partial charge in [0.05, 0.1) is 0 Å². The van der Waals surface area contributed by atoms with Gasteiger partial charge in [0.25, 0.3) is 5.91 Å². The molecule has 5 nitrogen and oxygen atoms in total. The first-order valence-corrected chi connectivity index (χ1v) is 11.5. The Morgan fingerprint density at radius 2 is 1.57 bits per heavy atom. The predicted molar refractivity (Wildman–Crippen MR) is 119 cm³/mol. The van der Waals surface area contributed by atoms with Crippen molar-refractivity contribution >= 4 is 17.1 Å². The molecule has 0 N–H and O–H groups in total. The molecular weight excluding hydrogens is 372 g/mol. The average molecular weight is 403 g/mol. The summed E-state index contributed by atoms with van der Waals surface area (Å²) in [6.07, 6.45) is 12.8. The van der Waals surface area contributed by atoms with Crippen LogP contribution in [0.15, 0.2) is 42.6 Å². The van der Waals surface area contributed by atoms with Crippen LogP contribution in [0.3, 0.4) is 0 Å². The van der Waals surface area contributed by atoms with Crippen molar-refractivity contribution in [2.24, 2.45) is 0 Å². The number of carbonyl (C=O) groups excluding carboxylic acids is 1. The van der Waals surface area contributed by atoms with E-state index in [-0.39, 0.29) is 5.91 Å². The summed E-state index contributed by atoms with van der Waals surface area (Å²) < 4.78 is 2.35. The number of rotatable bonds is 3. The van der Waals surface area contributed by atoms with Crippen LogP contribution in [-0.2, 0) is 0 Å². The van der Waals surface area contributed by atoms with Crippen molar-refractivity contribution in [3.05, 3.63) is 48.2 Å². The molecule has 5 rings (SSSR count). The minimum Gasteiger partial charge on any atom is -0.339 e. The molecule has 0 atom stereocenters. The minimum atomic E-state index is 0.158. The smallest absolute Gasteiger partial charge is 0.253 e. The predicted octanol–water partition coefficient (Wildman–Crippen LogP) is 5.62. The summed E-state index contributed by atoms with van der Waals surface area (Å²) in [5.41, 5.74) is 3.76. The molecule has 1 aromatic carbocycles. The van der Waals surface area contributed by atoms with Crippen molar-refractivity contribution in [1.82, 2.24) is 19.4 Å². The third-order valence-corrected chi connectivity index (χ3v) is 6.67. The fraction of sp³-hybridized carbons (Fsp3) is 0.480. The van der Waals surface area contributed by atoms with Gasteiger partial charge in [-0.25, -0.2) is 9.97 Å². The van der Waals surface area contributed by atoms with Crippen LogP contribution in [0.2, 0.25) is 0 Å². The molecule has 3 aromatic rings. The largest absolute Gasteiger partial charge is 0.339 e. The number of carbonyl (C=O) groups is 1. The van der Waals surface area contributed by atoms with E-state index in [1.807, 2.05) is 35.4 Å². The number of benzene rings is 1. The van der Waals surface area contributed by atoms with Crippen LogP contribution in [0, 0.1) is 0 Å². The number of pyridine rings is 1. The Morgan fingerprint density at radius 3 is 2.30 bits per heavy atom. The number of likely N-dealkylation sites (tertiary alicyclic amines) is 1. The van der Waals surface area contributed by atoms with E-state index in [1.54, 1.807) is 0 Å². The highest BCUT2D eigenvalue weighted by atomic mass is 16.2. The van der Waals surface area contributed by atoms with Gasteiger partial charge >= 0.3 is 0 Å². The van der Waals surface area contributed by atoms with Crippen LogP contribution in [0.4, 0.5) is 0 Å². The number of nitrogens with zero attached hydrogens (tertiary/aromatic N) is 4. The second kappa shape index (κ2) is 8.58. The fourth-order valence-electron chi connectivity index (χ4n) is 5.04. The summed E-state index contributed by atoms with van der Waals surface area (Å²) in [7, 11) is 0. The SMILES string of the molecule is O=C(c1ccc(-c2nc3cccnc3n2C2CCCCC2)cc1)N1CCCCCC1. The molecule has 156 valence electrons. The zero-order chi connectivity index (χ0) is 20.3. The monoisotopic (exact) mass is 402 g/mol. The molecule has 2 fully saturated rings. The lowest BCUT2D eigenvalue weighted by molar-refractivity contribution is 0.0761. The summed E-state index contributed by atoms with van der Waals surface area (Å²) in [5, 5.41) is 0. The van der Waals surface area contributed by atoms with Gasteiger partial charge in [-0.2, -0.15) is 0 Å². The van der Waals surface area contributed by atoms with Crippen molar-refractivity contribution in [2.75, 3.05) is 13.1 Å². The Balaban J connectivity index is 1.47. The van der Waals surface area contributed by atoms with Gasteiger partial charge in [0.15, 0.2) is 5.65 Å². The minimum absolute atomic E-state index is 0.158. The topological polar surface area (TPSA) is 51.0 Å². The van der Waals surface area contributed by atoms with Crippen LogP contribution in [0.1, 0.15) is 74.2 Å². The second-order valence-electron chi connectivity index (χ2n) is 8.73. The highest BCUT2D eigenvalue weighted by Crippen LogP contribution is 2.35. The molecule has 1 aliphatic carbocycles. The van der Waals surface area contributed by atoms with Gasteiger partial charge in [0.1, 0.15) is 11.3 Å². The maximum absolute atomic E-state index is 13.0. The summed E-state index contributed by atoms with van der Waals surface area (Å²) in [6.45, 7) is 1.76. The summed E-state index contributed by atoms with van der Waals surface area (Å²) >= 11 is 0. The van der Waals surface area contributed by atoms with Crippen LogP contribution < -0.4 is 0 Å². The number of fused-ring (bicyclic) bond motifs is 1. The quantitative estimate of drug-likeness (QED) is 0.571. The molecule has 30 heavy (non-hydrogen) atoms. The van der Waals surface area contributed by atoms with Gasteiger partial charge in [-0.05, 0) is 49.9 Å². The normalized spacial score (nSPS) is 18.5. The first-order valence-electron chi connectivity index (χ1n) is 11.5. The van der Waals surface area contributed by atoms with Crippen molar-refractivity contribution in [3.63, 3.8) is 0 Å². The molecule has 1 aliphatic heterocycles. The summed E-state index contributed by atoms with van der Waals surface area (Å²) in [5.74, 6) is 1.13. The molecule has 0 spiro atoms. The first kappa shape index (κ1) is 19.3. The lowest BCUT2D eigenvalue weighted by Gasteiger charge is -2.25. The van der Waals surface area contributed by atoms with E-state index in [1.165, 1.54) is 44.9 Å². The molecule has 5 heteroatoms. The maximum atomic E-state index is 13.0. The average Bonchev–Trinajstić information content (AvgIpc) is 2.98. The van der Waals surface area contributed by atoms with Gasteiger partial charge < -0.3 is 9.47 Å². The lowest BCUT2D eigenvalue weighted by atomic mass is 9.95. The third-order valence-electron chi connectivity index (χ3n) is 6.67. The molecule has 2 aromatic heterocycles. The fourth-order valence-corrected chi connectivity index (χ4v) is 5.04. The van der Waals surface area contributed by atoms with Crippen LogP contribution in [-0.4, -0.2) is 38.4 Å². The van der Waals surface area contributed by atoms with E-state index in [2.05, 4.69) is 21.7 Å². The Morgan fingerprint density at radius 1 is 0.867 bits per heavy atom. The van der Waals surface area contributed by atoms with Gasteiger partial charge in [0, 0.05) is 36.5 Å². The molecule has 3 heterocycles. The number of imidazole rings is 1. The second-order valence-corrected chi connectivity index (χ2v) is 8.73. The van der Waals surface area contributed by atoms with E-state index in [9.17, 15) is 4.79 Å². The maximum Gasteiger partial charge on any atom is 0.253 e. The highest BCUT2D eigenvalue weighted by Gasteiger charge is 2.23. The molecule has 0 bridgehead atoms. The van der Waals surface area contributed by atoms with E-state index < -0.39 is 0 Å². The third kappa shape index (κ3) is 3.73. The van der Waals surface area contributed by atoms with Gasteiger partial charge in [-0.1, -0.05) is 44.2 Å². The Bertz CT molecular complexity index is 1010. The van der Waals surface area contributed by atoms with Crippen LogP contribution in [0.5, 0.6) is 0 Å². The number of hydrogen-bond donors (Lipinski definition) is 0. The Hall–Kier alpha value is -2.69. The van der Waals surface area contributed by atoms with E-state index in [0.29, 0.717) is 6.04 Å². The summed E-state index contributed by atoms with van der Waals surface area (Å²) in [4.78, 5) is 24.6. The van der Waals surface area contributed by atoms with Gasteiger partial charge in [-0.15, -0.1) is 0 Å². The molecule has 0 unspecified atom stereocenters. The lowest BCUT2D eigenvalue weighted by Crippen LogP contribution is -2.31. The van der Waals surface area contributed by atoms with Crippen molar-refractivity contribution in [1.29, 1.82) is 0 Å². The molecule has 0 radical (unpaired) electrons. The molecule has 1 saturated carbocycles. The Labute approximate surface area is 178 Å². The Kier molecular flexibility index (Phi) is 5.52. The molecule has 1 amide bonds. The highest BCUT2D eigenvalue weighted by molar-refractivity contribution is 5.94. The standard InChI is InChI=1S/C25H30N4O/c30-25(28-17-6-1-2-7-18-28)20-14-12-19(13-15-20)23-27-22-11-8-16-26-24(22)29(23)21-9-4-3-5-10-21/h8,11-16,21H,1-7,9-10,17-18H2. The van der Waals surface area contributed by atoms with Crippen LogP contribution in [0.25, 0.3) is 22.6 Å². The molecular formula is C25H30N4O. The van der Waals surface area contributed by atoms with Gasteiger partial charge in [-0.3, -0.25) is 4.79 Å². The van der Waals surface area contributed by atoms with E-state index in [0.717, 1.165) is 54.0 Å². The number of amides is 1. The van der Waals surface area contributed by atoms with Crippen molar-refractivity contribution in [3.8, 4) is 11.4 Å². The molecule has 2 aliphatic rings. The summed E-state index contributed by atoms with van der Waals surface area (Å²) in [6, 6.07) is 12.5. The number of hydrogen-bond acceptors (Lipinski definition) is 3. The van der Waals surface area contributed by atoms with Gasteiger partial charge in [0.2, 0.25) is 0 Å². The van der Waals surface area contributed by atoms with Crippen molar-refractivity contribution in [2.45, 2.75) is 63.8 Å². The number of aromatic nitrogens is 3. The first-order chi connectivity index (χ1) is 14.8. The van der Waals surface area contributed by atoms with Crippen molar-refractivity contribution < 1.29 is 4.79 Å².